The fraction of sp³-hybridized carbons (Fsp3) is 1.00. The normalized spacial score (nSPS) is 38.9. The molecule has 0 aromatic rings. The molecule has 0 amide bonds. The molecule has 1 heterocycles. The summed E-state index contributed by atoms with van der Waals surface area (Å²) in [6.07, 6.45) is 3.86. The second kappa shape index (κ2) is 5.26. The summed E-state index contributed by atoms with van der Waals surface area (Å²) >= 11 is 0. The van der Waals surface area contributed by atoms with Crippen molar-refractivity contribution in [2.75, 3.05) is 33.2 Å². The zero-order valence-corrected chi connectivity index (χ0v) is 14.5. The maximum atomic E-state index is 6.32. The Kier molecular flexibility index (Phi) is 4.27. The third kappa shape index (κ3) is 3.05. The van der Waals surface area contributed by atoms with Crippen LogP contribution < -0.4 is 5.73 Å². The first-order valence-corrected chi connectivity index (χ1v) is 8.27. The van der Waals surface area contributed by atoms with Gasteiger partial charge in [0.15, 0.2) is 0 Å². The summed E-state index contributed by atoms with van der Waals surface area (Å²) in [5.74, 6) is 0.782. The lowest BCUT2D eigenvalue weighted by Gasteiger charge is -2.57. The van der Waals surface area contributed by atoms with E-state index in [1.165, 1.54) is 25.8 Å². The lowest BCUT2D eigenvalue weighted by molar-refractivity contribution is -0.0673. The third-order valence-electron chi connectivity index (χ3n) is 5.80. The molecule has 1 saturated carbocycles. The van der Waals surface area contributed by atoms with Crippen LogP contribution in [0.15, 0.2) is 0 Å². The number of nitrogens with two attached hydrogens (primary N) is 1. The highest BCUT2D eigenvalue weighted by atomic mass is 15.3. The van der Waals surface area contributed by atoms with Gasteiger partial charge in [-0.25, -0.2) is 0 Å². The van der Waals surface area contributed by atoms with Crippen LogP contribution in [0.25, 0.3) is 0 Å². The maximum Gasteiger partial charge on any atom is 0.0340 e. The lowest BCUT2D eigenvalue weighted by atomic mass is 9.63. The fourth-order valence-electron chi connectivity index (χ4n) is 4.87. The number of rotatable bonds is 2. The largest absolute Gasteiger partial charge is 0.329 e. The Balaban J connectivity index is 2.23. The molecule has 0 radical (unpaired) electrons. The number of hydrogen-bond donors (Lipinski definition) is 1. The van der Waals surface area contributed by atoms with Gasteiger partial charge < -0.3 is 5.73 Å². The van der Waals surface area contributed by atoms with E-state index in [0.717, 1.165) is 25.6 Å². The highest BCUT2D eigenvalue weighted by molar-refractivity contribution is 5.04. The smallest absolute Gasteiger partial charge is 0.0340 e. The molecule has 2 N–H and O–H groups in total. The van der Waals surface area contributed by atoms with E-state index in [1.807, 2.05) is 0 Å². The summed E-state index contributed by atoms with van der Waals surface area (Å²) in [6.45, 7) is 16.3. The van der Waals surface area contributed by atoms with Crippen molar-refractivity contribution in [3.05, 3.63) is 0 Å². The molecule has 1 saturated heterocycles. The van der Waals surface area contributed by atoms with Gasteiger partial charge in [0.25, 0.3) is 0 Å². The molecule has 2 aliphatic rings. The van der Waals surface area contributed by atoms with Crippen molar-refractivity contribution >= 4 is 0 Å². The Labute approximate surface area is 125 Å². The van der Waals surface area contributed by atoms with E-state index in [2.05, 4.69) is 51.5 Å². The molecule has 118 valence electrons. The van der Waals surface area contributed by atoms with Crippen LogP contribution in [-0.2, 0) is 0 Å². The Morgan fingerprint density at radius 2 is 1.75 bits per heavy atom. The van der Waals surface area contributed by atoms with Crippen LogP contribution in [0.4, 0.5) is 0 Å². The SMILES string of the molecule is CC1CC(C)(C)CC(CN)(N2CCN(C)C(C)(C)C2)C1. The molecule has 2 unspecified atom stereocenters. The number of nitrogens with zero attached hydrogens (tertiary/aromatic N) is 2. The number of piperazine rings is 1. The molecule has 3 heteroatoms. The second-order valence-corrected chi connectivity index (χ2v) is 8.94. The van der Waals surface area contributed by atoms with Crippen molar-refractivity contribution in [1.82, 2.24) is 9.80 Å². The van der Waals surface area contributed by atoms with Crippen LogP contribution in [0.2, 0.25) is 0 Å². The molecule has 0 spiro atoms. The summed E-state index contributed by atoms with van der Waals surface area (Å²) in [5, 5.41) is 0. The summed E-state index contributed by atoms with van der Waals surface area (Å²) in [7, 11) is 2.25. The average molecular weight is 281 g/mol. The Bertz CT molecular complexity index is 350. The van der Waals surface area contributed by atoms with E-state index in [-0.39, 0.29) is 11.1 Å². The molecule has 1 aliphatic carbocycles. The molecule has 2 atom stereocenters. The van der Waals surface area contributed by atoms with Crippen molar-refractivity contribution in [2.45, 2.75) is 65.0 Å². The van der Waals surface area contributed by atoms with Crippen LogP contribution in [-0.4, -0.2) is 54.1 Å². The van der Waals surface area contributed by atoms with E-state index in [1.54, 1.807) is 0 Å². The first kappa shape index (κ1) is 16.3. The van der Waals surface area contributed by atoms with Crippen LogP contribution in [0, 0.1) is 11.3 Å². The maximum absolute atomic E-state index is 6.32. The lowest BCUT2D eigenvalue weighted by Crippen LogP contribution is -2.67. The highest BCUT2D eigenvalue weighted by Gasteiger charge is 2.48. The predicted molar refractivity (Wildman–Crippen MR) is 86.9 cm³/mol. The van der Waals surface area contributed by atoms with Crippen LogP contribution in [0.1, 0.15) is 53.9 Å². The van der Waals surface area contributed by atoms with E-state index >= 15 is 0 Å². The molecule has 0 aromatic carbocycles. The summed E-state index contributed by atoms with van der Waals surface area (Å²) in [4.78, 5) is 5.22. The van der Waals surface area contributed by atoms with Gasteiger partial charge in [0.1, 0.15) is 0 Å². The van der Waals surface area contributed by atoms with Crippen molar-refractivity contribution < 1.29 is 0 Å². The first-order chi connectivity index (χ1) is 9.10. The van der Waals surface area contributed by atoms with Gasteiger partial charge in [-0.3, -0.25) is 9.80 Å². The monoisotopic (exact) mass is 281 g/mol. The van der Waals surface area contributed by atoms with Gasteiger partial charge in [0.05, 0.1) is 0 Å². The topological polar surface area (TPSA) is 32.5 Å². The van der Waals surface area contributed by atoms with Crippen LogP contribution >= 0.6 is 0 Å². The van der Waals surface area contributed by atoms with Crippen molar-refractivity contribution in [3.8, 4) is 0 Å². The number of hydrogen-bond acceptors (Lipinski definition) is 3. The van der Waals surface area contributed by atoms with E-state index < -0.39 is 0 Å². The summed E-state index contributed by atoms with van der Waals surface area (Å²) in [6, 6.07) is 0. The van der Waals surface area contributed by atoms with Crippen molar-refractivity contribution in [3.63, 3.8) is 0 Å². The minimum absolute atomic E-state index is 0.222. The summed E-state index contributed by atoms with van der Waals surface area (Å²) in [5.41, 5.74) is 7.22. The molecule has 2 rings (SSSR count). The second-order valence-electron chi connectivity index (χ2n) is 8.94. The third-order valence-corrected chi connectivity index (χ3v) is 5.80. The van der Waals surface area contributed by atoms with Crippen molar-refractivity contribution in [2.24, 2.45) is 17.1 Å². The van der Waals surface area contributed by atoms with Crippen LogP contribution in [0.5, 0.6) is 0 Å². The van der Waals surface area contributed by atoms with Gasteiger partial charge >= 0.3 is 0 Å². The molecule has 1 aliphatic heterocycles. The van der Waals surface area contributed by atoms with Gasteiger partial charge in [-0.1, -0.05) is 20.8 Å². The fourth-order valence-corrected chi connectivity index (χ4v) is 4.87. The Morgan fingerprint density at radius 1 is 1.10 bits per heavy atom. The molecule has 2 fully saturated rings. The molecule has 3 nitrogen and oxygen atoms in total. The van der Waals surface area contributed by atoms with Gasteiger partial charge in [-0.05, 0) is 51.5 Å². The minimum atomic E-state index is 0.222. The molecule has 0 bridgehead atoms. The molecular formula is C17H35N3. The van der Waals surface area contributed by atoms with Gasteiger partial charge in [-0.15, -0.1) is 0 Å². The van der Waals surface area contributed by atoms with Gasteiger partial charge in [0.2, 0.25) is 0 Å². The zero-order valence-electron chi connectivity index (χ0n) is 14.5. The van der Waals surface area contributed by atoms with E-state index in [9.17, 15) is 0 Å². The standard InChI is InChI=1S/C17H35N3/c1-14-9-15(2,3)11-17(10-14,12-18)20-8-7-19(6)16(4,5)13-20/h14H,7-13,18H2,1-6H3. The van der Waals surface area contributed by atoms with Crippen LogP contribution in [0.3, 0.4) is 0 Å². The zero-order chi connectivity index (χ0) is 15.2. The summed E-state index contributed by atoms with van der Waals surface area (Å²) < 4.78 is 0. The van der Waals surface area contributed by atoms with Gasteiger partial charge in [-0.2, -0.15) is 0 Å². The van der Waals surface area contributed by atoms with E-state index in [0.29, 0.717) is 5.41 Å². The molecular weight excluding hydrogens is 246 g/mol. The number of likely N-dealkylation sites (N-methyl/N-ethyl adjacent to an activating group) is 1. The van der Waals surface area contributed by atoms with Gasteiger partial charge in [0, 0.05) is 37.3 Å². The highest BCUT2D eigenvalue weighted by Crippen LogP contribution is 2.47. The molecule has 0 aromatic heterocycles. The quantitative estimate of drug-likeness (QED) is 0.844. The minimum Gasteiger partial charge on any atom is -0.329 e. The first-order valence-electron chi connectivity index (χ1n) is 8.27. The average Bonchev–Trinajstić information content (AvgIpc) is 2.29. The predicted octanol–water partition coefficient (Wildman–Crippen LogP) is 2.56. The van der Waals surface area contributed by atoms with E-state index in [4.69, 9.17) is 5.73 Å². The van der Waals surface area contributed by atoms with Crippen molar-refractivity contribution in [1.29, 1.82) is 0 Å². The Hall–Kier alpha value is -0.120. The molecule has 20 heavy (non-hydrogen) atoms. The Morgan fingerprint density at radius 3 is 2.25 bits per heavy atom.